The van der Waals surface area contributed by atoms with E-state index in [4.69, 9.17) is 39.5 Å². The van der Waals surface area contributed by atoms with Gasteiger partial charge in [-0.1, -0.05) is 53.9 Å². The topological polar surface area (TPSA) is 58.6 Å². The summed E-state index contributed by atoms with van der Waals surface area (Å²) in [6.45, 7) is 5.57. The normalized spacial score (nSPS) is 12.7. The van der Waals surface area contributed by atoms with Gasteiger partial charge in [0, 0.05) is 22.6 Å². The van der Waals surface area contributed by atoms with Crippen molar-refractivity contribution in [2.24, 2.45) is 0 Å². The molecule has 8 heteroatoms. The minimum Gasteiger partial charge on any atom is -0.482 e. The van der Waals surface area contributed by atoms with E-state index in [-0.39, 0.29) is 31.0 Å². The molecule has 1 N–H and O–H groups in total. The molecule has 2 aromatic rings. The quantitative estimate of drug-likeness (QED) is 0.536. The molecule has 0 saturated heterocycles. The van der Waals surface area contributed by atoms with Gasteiger partial charge in [0.25, 0.3) is 5.91 Å². The smallest absolute Gasteiger partial charge is 0.261 e. The zero-order valence-electron chi connectivity index (χ0n) is 17.1. The molecule has 5 nitrogen and oxygen atoms in total. The summed E-state index contributed by atoms with van der Waals surface area (Å²) < 4.78 is 5.59. The Morgan fingerprint density at radius 2 is 1.67 bits per heavy atom. The largest absolute Gasteiger partial charge is 0.482 e. The summed E-state index contributed by atoms with van der Waals surface area (Å²) in [6, 6.07) is 11.2. The van der Waals surface area contributed by atoms with Gasteiger partial charge in [-0.25, -0.2) is 0 Å². The molecular weight excluding hydrogens is 447 g/mol. The first kappa shape index (κ1) is 24.3. The molecule has 162 valence electrons. The van der Waals surface area contributed by atoms with Gasteiger partial charge in [0.2, 0.25) is 5.91 Å². The number of nitrogens with zero attached hydrogens (tertiary/aromatic N) is 1. The van der Waals surface area contributed by atoms with Gasteiger partial charge in [-0.15, -0.1) is 0 Å². The van der Waals surface area contributed by atoms with Crippen LogP contribution < -0.4 is 10.1 Å². The number of carbonyl (C=O) groups excluding carboxylic acids is 2. The summed E-state index contributed by atoms with van der Waals surface area (Å²) in [4.78, 5) is 27.1. The first-order valence-electron chi connectivity index (χ1n) is 9.63. The van der Waals surface area contributed by atoms with Crippen LogP contribution in [0.3, 0.4) is 0 Å². The van der Waals surface area contributed by atoms with Crippen molar-refractivity contribution in [2.75, 3.05) is 6.61 Å². The third kappa shape index (κ3) is 7.08. The lowest BCUT2D eigenvalue weighted by Crippen LogP contribution is -2.50. The molecule has 0 bridgehead atoms. The summed E-state index contributed by atoms with van der Waals surface area (Å²) in [5, 5.41) is 4.29. The fraction of sp³-hybridized carbons (Fsp3) is 0.364. The van der Waals surface area contributed by atoms with E-state index in [0.717, 1.165) is 12.0 Å². The van der Waals surface area contributed by atoms with E-state index in [0.29, 0.717) is 20.8 Å². The van der Waals surface area contributed by atoms with Gasteiger partial charge in [0.05, 0.1) is 5.02 Å². The van der Waals surface area contributed by atoms with Crippen molar-refractivity contribution >= 4 is 46.6 Å². The van der Waals surface area contributed by atoms with E-state index < -0.39 is 6.04 Å². The Labute approximate surface area is 192 Å². The van der Waals surface area contributed by atoms with Crippen LogP contribution in [0.5, 0.6) is 5.75 Å². The Morgan fingerprint density at radius 1 is 1.03 bits per heavy atom. The maximum absolute atomic E-state index is 13.0. The number of halogens is 3. The number of hydrogen-bond donors (Lipinski definition) is 1. The van der Waals surface area contributed by atoms with Crippen LogP contribution >= 0.6 is 34.8 Å². The second-order valence-electron chi connectivity index (χ2n) is 7.01. The summed E-state index contributed by atoms with van der Waals surface area (Å²) in [7, 11) is 0. The van der Waals surface area contributed by atoms with Crippen LogP contribution in [0.1, 0.15) is 32.8 Å². The van der Waals surface area contributed by atoms with Crippen LogP contribution in [-0.4, -0.2) is 35.4 Å². The number of hydrogen-bond acceptors (Lipinski definition) is 3. The highest BCUT2D eigenvalue weighted by Gasteiger charge is 2.27. The maximum atomic E-state index is 13.0. The molecule has 0 radical (unpaired) electrons. The molecule has 30 heavy (non-hydrogen) atoms. The van der Waals surface area contributed by atoms with E-state index in [1.165, 1.54) is 11.0 Å². The summed E-state index contributed by atoms with van der Waals surface area (Å²) >= 11 is 18.0. The molecule has 0 heterocycles. The molecule has 0 fully saturated rings. The summed E-state index contributed by atoms with van der Waals surface area (Å²) in [5.74, 6) is -0.225. The molecule has 0 unspecified atom stereocenters. The zero-order chi connectivity index (χ0) is 22.3. The highest BCUT2D eigenvalue weighted by atomic mass is 35.5. The van der Waals surface area contributed by atoms with Crippen LogP contribution in [-0.2, 0) is 16.1 Å². The van der Waals surface area contributed by atoms with E-state index in [1.54, 1.807) is 31.2 Å². The maximum Gasteiger partial charge on any atom is 0.261 e. The zero-order valence-corrected chi connectivity index (χ0v) is 19.4. The first-order valence-corrected chi connectivity index (χ1v) is 10.8. The lowest BCUT2D eigenvalue weighted by molar-refractivity contribution is -0.142. The number of ether oxygens (including phenoxy) is 1. The molecule has 0 aliphatic carbocycles. The third-order valence-corrected chi connectivity index (χ3v) is 5.46. The molecule has 0 aliphatic heterocycles. The molecule has 2 rings (SSSR count). The second kappa shape index (κ2) is 11.4. The van der Waals surface area contributed by atoms with Crippen molar-refractivity contribution in [2.45, 2.75) is 45.8 Å². The number of benzene rings is 2. The highest BCUT2D eigenvalue weighted by Crippen LogP contribution is 2.27. The van der Waals surface area contributed by atoms with E-state index >= 15 is 0 Å². The Bertz CT molecular complexity index is 874. The second-order valence-corrected chi connectivity index (χ2v) is 8.29. The van der Waals surface area contributed by atoms with Gasteiger partial charge in [0.1, 0.15) is 11.8 Å². The van der Waals surface area contributed by atoms with E-state index in [2.05, 4.69) is 5.32 Å². The Morgan fingerprint density at radius 3 is 2.27 bits per heavy atom. The van der Waals surface area contributed by atoms with Crippen molar-refractivity contribution in [3.8, 4) is 5.75 Å². The first-order chi connectivity index (χ1) is 14.2. The van der Waals surface area contributed by atoms with Crippen molar-refractivity contribution in [3.05, 3.63) is 63.1 Å². The highest BCUT2D eigenvalue weighted by molar-refractivity contribution is 6.35. The average Bonchev–Trinajstić information content (AvgIpc) is 2.71. The number of nitrogens with one attached hydrogen (secondary N) is 1. The van der Waals surface area contributed by atoms with Crippen molar-refractivity contribution in [1.82, 2.24) is 10.2 Å². The van der Waals surface area contributed by atoms with Crippen LogP contribution in [0.4, 0.5) is 0 Å². The van der Waals surface area contributed by atoms with Gasteiger partial charge >= 0.3 is 0 Å². The Hall–Kier alpha value is -1.95. The van der Waals surface area contributed by atoms with Gasteiger partial charge in [-0.2, -0.15) is 0 Å². The van der Waals surface area contributed by atoms with Crippen LogP contribution in [0.25, 0.3) is 0 Å². The minimum atomic E-state index is -0.688. The molecular formula is C22H25Cl3N2O3. The van der Waals surface area contributed by atoms with Gasteiger partial charge in [-0.3, -0.25) is 9.59 Å². The number of rotatable bonds is 9. The third-order valence-electron chi connectivity index (χ3n) is 4.68. The van der Waals surface area contributed by atoms with Gasteiger partial charge in [0.15, 0.2) is 6.61 Å². The molecule has 0 aliphatic rings. The Kier molecular flexibility index (Phi) is 9.28. The summed E-state index contributed by atoms with van der Waals surface area (Å²) in [6.07, 6.45) is 0.793. The van der Waals surface area contributed by atoms with Crippen molar-refractivity contribution in [1.29, 1.82) is 0 Å². The average molecular weight is 472 g/mol. The fourth-order valence-corrected chi connectivity index (χ4v) is 3.24. The van der Waals surface area contributed by atoms with Crippen LogP contribution in [0.15, 0.2) is 42.5 Å². The van der Waals surface area contributed by atoms with Gasteiger partial charge in [-0.05, 0) is 56.2 Å². The van der Waals surface area contributed by atoms with Gasteiger partial charge < -0.3 is 15.0 Å². The fourth-order valence-electron chi connectivity index (χ4n) is 2.65. The standard InChI is InChI=1S/C22H25Cl3N2O3/c1-4-14(2)26-22(29)15(3)27(12-16-5-7-17(23)8-6-16)21(28)13-30-20-10-9-18(24)11-19(20)25/h5-11,14-15H,4,12-13H2,1-3H3,(H,26,29)/t14-,15+/m0/s1. The van der Waals surface area contributed by atoms with Crippen LogP contribution in [0.2, 0.25) is 15.1 Å². The minimum absolute atomic E-state index is 0.0107. The van der Waals surface area contributed by atoms with E-state index in [1.807, 2.05) is 26.0 Å². The van der Waals surface area contributed by atoms with Crippen molar-refractivity contribution in [3.63, 3.8) is 0 Å². The predicted octanol–water partition coefficient (Wildman–Crippen LogP) is 5.36. The summed E-state index contributed by atoms with van der Waals surface area (Å²) in [5.41, 5.74) is 0.848. The molecule has 0 saturated carbocycles. The lowest BCUT2D eigenvalue weighted by atomic mass is 10.1. The lowest BCUT2D eigenvalue weighted by Gasteiger charge is -2.29. The molecule has 2 aromatic carbocycles. The van der Waals surface area contributed by atoms with E-state index in [9.17, 15) is 9.59 Å². The van der Waals surface area contributed by atoms with Crippen LogP contribution in [0, 0.1) is 0 Å². The predicted molar refractivity (Wildman–Crippen MR) is 121 cm³/mol. The SMILES string of the molecule is CC[C@H](C)NC(=O)[C@@H](C)N(Cc1ccc(Cl)cc1)C(=O)COc1ccc(Cl)cc1Cl. The molecule has 2 atom stereocenters. The monoisotopic (exact) mass is 470 g/mol. The molecule has 2 amide bonds. The molecule has 0 aromatic heterocycles. The van der Waals surface area contributed by atoms with Crippen molar-refractivity contribution < 1.29 is 14.3 Å². The number of amides is 2. The molecule has 0 spiro atoms. The number of carbonyl (C=O) groups is 2. The Balaban J connectivity index is 2.16.